The molecule has 1 heterocycles. The van der Waals surface area contributed by atoms with Crippen LogP contribution in [0.2, 0.25) is 0 Å². The van der Waals surface area contributed by atoms with Gasteiger partial charge in [-0.1, -0.05) is 32.1 Å². The van der Waals surface area contributed by atoms with E-state index in [4.69, 9.17) is 5.73 Å². The molecule has 2 rings (SSSR count). The van der Waals surface area contributed by atoms with Gasteiger partial charge < -0.3 is 5.73 Å². The molecular weight excluding hydrogens is 234 g/mol. The molecule has 0 spiro atoms. The van der Waals surface area contributed by atoms with Crippen LogP contribution in [-0.2, 0) is 6.42 Å². The molecule has 1 aromatic heterocycles. The monoisotopic (exact) mass is 263 g/mol. The molecule has 3 nitrogen and oxygen atoms in total. The Labute approximate surface area is 117 Å². The van der Waals surface area contributed by atoms with Gasteiger partial charge in [0.25, 0.3) is 0 Å². The summed E-state index contributed by atoms with van der Waals surface area (Å²) >= 11 is 0. The van der Waals surface area contributed by atoms with Crippen molar-refractivity contribution in [3.05, 3.63) is 18.0 Å². The molecular formula is C16H29N3. The Morgan fingerprint density at radius 2 is 1.84 bits per heavy atom. The Morgan fingerprint density at radius 3 is 2.42 bits per heavy atom. The van der Waals surface area contributed by atoms with Gasteiger partial charge in [-0.05, 0) is 38.7 Å². The van der Waals surface area contributed by atoms with E-state index in [1.54, 1.807) is 0 Å². The fourth-order valence-electron chi connectivity index (χ4n) is 3.10. The Hall–Kier alpha value is -0.830. The minimum atomic E-state index is 0.286. The Kier molecular flexibility index (Phi) is 5.44. The van der Waals surface area contributed by atoms with Gasteiger partial charge in [0.05, 0.1) is 5.69 Å². The highest BCUT2D eigenvalue weighted by Gasteiger charge is 2.20. The molecule has 1 aliphatic carbocycles. The van der Waals surface area contributed by atoms with E-state index in [1.807, 2.05) is 4.68 Å². The zero-order valence-corrected chi connectivity index (χ0v) is 12.5. The SMILES string of the molecule is CC(C)n1ccc(CC(N)C2CCCCCCC2)n1. The molecule has 0 aliphatic heterocycles. The molecule has 19 heavy (non-hydrogen) atoms. The highest BCUT2D eigenvalue weighted by Crippen LogP contribution is 2.25. The van der Waals surface area contributed by atoms with Crippen LogP contribution in [0.4, 0.5) is 0 Å². The summed E-state index contributed by atoms with van der Waals surface area (Å²) in [4.78, 5) is 0. The molecule has 0 amide bonds. The topological polar surface area (TPSA) is 43.8 Å². The molecule has 0 bridgehead atoms. The molecule has 1 unspecified atom stereocenters. The first-order valence-electron chi connectivity index (χ1n) is 7.96. The Balaban J connectivity index is 1.89. The third-order valence-electron chi connectivity index (χ3n) is 4.39. The van der Waals surface area contributed by atoms with Gasteiger partial charge in [0.15, 0.2) is 0 Å². The van der Waals surface area contributed by atoms with Crippen LogP contribution < -0.4 is 5.73 Å². The van der Waals surface area contributed by atoms with Crippen LogP contribution in [0.25, 0.3) is 0 Å². The minimum absolute atomic E-state index is 0.286. The molecule has 0 aromatic carbocycles. The van der Waals surface area contributed by atoms with Crippen molar-refractivity contribution in [3.63, 3.8) is 0 Å². The van der Waals surface area contributed by atoms with Crippen molar-refractivity contribution in [1.29, 1.82) is 0 Å². The van der Waals surface area contributed by atoms with Crippen LogP contribution in [0.15, 0.2) is 12.3 Å². The lowest BCUT2D eigenvalue weighted by Gasteiger charge is -2.25. The largest absolute Gasteiger partial charge is 0.327 e. The number of rotatable bonds is 4. The highest BCUT2D eigenvalue weighted by atomic mass is 15.3. The minimum Gasteiger partial charge on any atom is -0.327 e. The van der Waals surface area contributed by atoms with E-state index in [9.17, 15) is 0 Å². The van der Waals surface area contributed by atoms with E-state index < -0.39 is 0 Å². The number of nitrogens with two attached hydrogens (primary N) is 1. The normalized spacial score (nSPS) is 20.2. The second-order valence-electron chi connectivity index (χ2n) is 6.35. The lowest BCUT2D eigenvalue weighted by atomic mass is 9.84. The maximum absolute atomic E-state index is 6.44. The van der Waals surface area contributed by atoms with Gasteiger partial charge in [0.2, 0.25) is 0 Å². The van der Waals surface area contributed by atoms with Crippen LogP contribution >= 0.6 is 0 Å². The van der Waals surface area contributed by atoms with E-state index in [2.05, 4.69) is 31.2 Å². The molecule has 1 aliphatic rings. The fourth-order valence-corrected chi connectivity index (χ4v) is 3.10. The Bertz CT molecular complexity index is 362. The molecule has 1 fully saturated rings. The van der Waals surface area contributed by atoms with Crippen LogP contribution in [0, 0.1) is 5.92 Å². The standard InChI is InChI=1S/C16H29N3/c1-13(2)19-11-10-15(18-19)12-16(17)14-8-6-4-3-5-7-9-14/h10-11,13-14,16H,3-9,12,17H2,1-2H3. The maximum Gasteiger partial charge on any atom is 0.0640 e. The number of nitrogens with zero attached hydrogens (tertiary/aromatic N) is 2. The molecule has 3 heteroatoms. The van der Waals surface area contributed by atoms with Crippen LogP contribution in [0.5, 0.6) is 0 Å². The van der Waals surface area contributed by atoms with E-state index in [1.165, 1.54) is 44.9 Å². The zero-order valence-electron chi connectivity index (χ0n) is 12.5. The lowest BCUT2D eigenvalue weighted by Crippen LogP contribution is -2.33. The molecule has 108 valence electrons. The third-order valence-corrected chi connectivity index (χ3v) is 4.39. The van der Waals surface area contributed by atoms with E-state index in [0.29, 0.717) is 12.0 Å². The van der Waals surface area contributed by atoms with E-state index in [-0.39, 0.29) is 6.04 Å². The predicted molar refractivity (Wildman–Crippen MR) is 80.1 cm³/mol. The lowest BCUT2D eigenvalue weighted by molar-refractivity contribution is 0.320. The van der Waals surface area contributed by atoms with Crippen molar-refractivity contribution in [2.24, 2.45) is 11.7 Å². The first kappa shape index (κ1) is 14.6. The molecule has 1 saturated carbocycles. The average Bonchev–Trinajstić information content (AvgIpc) is 2.76. The van der Waals surface area contributed by atoms with Gasteiger partial charge in [-0.3, -0.25) is 4.68 Å². The van der Waals surface area contributed by atoms with Gasteiger partial charge >= 0.3 is 0 Å². The van der Waals surface area contributed by atoms with E-state index in [0.717, 1.165) is 12.1 Å². The molecule has 2 N–H and O–H groups in total. The van der Waals surface area contributed by atoms with Crippen molar-refractivity contribution in [2.45, 2.75) is 77.3 Å². The van der Waals surface area contributed by atoms with Gasteiger partial charge in [-0.25, -0.2) is 0 Å². The van der Waals surface area contributed by atoms with Gasteiger partial charge in [0, 0.05) is 24.7 Å². The molecule has 1 aromatic rings. The van der Waals surface area contributed by atoms with Gasteiger partial charge in [-0.2, -0.15) is 5.10 Å². The predicted octanol–water partition coefficient (Wildman–Crippen LogP) is 3.69. The van der Waals surface area contributed by atoms with Crippen LogP contribution in [0.1, 0.15) is 70.5 Å². The van der Waals surface area contributed by atoms with Crippen molar-refractivity contribution in [3.8, 4) is 0 Å². The van der Waals surface area contributed by atoms with Crippen LogP contribution in [-0.4, -0.2) is 15.8 Å². The number of hydrogen-bond donors (Lipinski definition) is 1. The summed E-state index contributed by atoms with van der Waals surface area (Å²) in [6, 6.07) is 2.85. The summed E-state index contributed by atoms with van der Waals surface area (Å²) in [5.41, 5.74) is 7.59. The van der Waals surface area contributed by atoms with Crippen molar-refractivity contribution in [1.82, 2.24) is 9.78 Å². The van der Waals surface area contributed by atoms with Gasteiger partial charge in [0.1, 0.15) is 0 Å². The third kappa shape index (κ3) is 4.34. The quantitative estimate of drug-likeness (QED) is 0.900. The zero-order chi connectivity index (χ0) is 13.7. The molecule has 1 atom stereocenters. The summed E-state index contributed by atoms with van der Waals surface area (Å²) in [5, 5.41) is 4.62. The first-order valence-corrected chi connectivity index (χ1v) is 7.96. The van der Waals surface area contributed by atoms with Crippen molar-refractivity contribution < 1.29 is 0 Å². The summed E-state index contributed by atoms with van der Waals surface area (Å²) in [7, 11) is 0. The van der Waals surface area contributed by atoms with Crippen molar-refractivity contribution in [2.75, 3.05) is 0 Å². The van der Waals surface area contributed by atoms with Crippen molar-refractivity contribution >= 4 is 0 Å². The second kappa shape index (κ2) is 7.09. The highest BCUT2D eigenvalue weighted by molar-refractivity contribution is 5.02. The molecule has 0 radical (unpaired) electrons. The fraction of sp³-hybridized carbons (Fsp3) is 0.812. The first-order chi connectivity index (χ1) is 9.16. The van der Waals surface area contributed by atoms with E-state index >= 15 is 0 Å². The summed E-state index contributed by atoms with van der Waals surface area (Å²) in [6.07, 6.45) is 12.6. The number of aromatic nitrogens is 2. The smallest absolute Gasteiger partial charge is 0.0640 e. The molecule has 0 saturated heterocycles. The summed E-state index contributed by atoms with van der Waals surface area (Å²) < 4.78 is 2.03. The van der Waals surface area contributed by atoms with Crippen LogP contribution in [0.3, 0.4) is 0 Å². The second-order valence-corrected chi connectivity index (χ2v) is 6.35. The average molecular weight is 263 g/mol. The summed E-state index contributed by atoms with van der Waals surface area (Å²) in [6.45, 7) is 4.32. The van der Waals surface area contributed by atoms with Gasteiger partial charge in [-0.15, -0.1) is 0 Å². The summed E-state index contributed by atoms with van der Waals surface area (Å²) in [5.74, 6) is 0.699. The number of hydrogen-bond acceptors (Lipinski definition) is 2. The maximum atomic E-state index is 6.44. The Morgan fingerprint density at radius 1 is 1.21 bits per heavy atom.